The summed E-state index contributed by atoms with van der Waals surface area (Å²) in [6, 6.07) is 0. The molecule has 7 unspecified atom stereocenters. The van der Waals surface area contributed by atoms with Gasteiger partial charge in [0.05, 0.1) is 6.10 Å². The van der Waals surface area contributed by atoms with E-state index in [2.05, 4.69) is 59.8 Å². The van der Waals surface area contributed by atoms with Gasteiger partial charge in [-0.15, -0.1) is 0 Å². The summed E-state index contributed by atoms with van der Waals surface area (Å²) in [6.07, 6.45) is 15.9. The molecule has 3 fully saturated rings. The third kappa shape index (κ3) is 3.08. The maximum absolute atomic E-state index is 10.2. The fraction of sp³-hybridized carbons (Fsp3) is 0.778. The highest BCUT2D eigenvalue weighted by atomic mass is 16.3. The largest absolute Gasteiger partial charge is 0.393 e. The second-order valence-electron chi connectivity index (χ2n) is 11.5. The molecule has 0 aromatic carbocycles. The SMILES string of the molecule is C/C(=C/C(C)C(C)C)C1CCC2C3=CC=C4CC(O)CCC4(C)C3CCC21C. The molecule has 1 heteroatoms. The molecule has 0 radical (unpaired) electrons. The number of allylic oxidation sites excluding steroid dienone is 5. The van der Waals surface area contributed by atoms with Gasteiger partial charge in [-0.05, 0) is 92.3 Å². The lowest BCUT2D eigenvalue weighted by Gasteiger charge is -2.54. The van der Waals surface area contributed by atoms with E-state index in [0.717, 1.165) is 36.5 Å². The van der Waals surface area contributed by atoms with Crippen molar-refractivity contribution in [3.63, 3.8) is 0 Å². The van der Waals surface area contributed by atoms with Crippen molar-refractivity contribution in [2.75, 3.05) is 0 Å². The van der Waals surface area contributed by atoms with Crippen LogP contribution in [0.25, 0.3) is 0 Å². The van der Waals surface area contributed by atoms with Crippen molar-refractivity contribution in [2.24, 2.45) is 40.4 Å². The standard InChI is InChI=1S/C27H42O/c1-17(2)18(3)15-19(4)23-9-10-24-22-8-7-20-16-21(28)11-13-26(20,5)25(22)12-14-27(23,24)6/h7-8,15,17-18,21,23-25,28H,9-14,16H2,1-6H3/b19-15-. The van der Waals surface area contributed by atoms with E-state index in [1.54, 1.807) is 11.1 Å². The topological polar surface area (TPSA) is 20.2 Å². The van der Waals surface area contributed by atoms with E-state index in [1.165, 1.54) is 37.7 Å². The van der Waals surface area contributed by atoms with Gasteiger partial charge in [0.2, 0.25) is 0 Å². The summed E-state index contributed by atoms with van der Waals surface area (Å²) in [6.45, 7) is 14.6. The molecule has 7 atom stereocenters. The van der Waals surface area contributed by atoms with Crippen LogP contribution in [0, 0.1) is 40.4 Å². The third-order valence-corrected chi connectivity index (χ3v) is 9.67. The minimum Gasteiger partial charge on any atom is -0.393 e. The van der Waals surface area contributed by atoms with Gasteiger partial charge in [-0.1, -0.05) is 69.6 Å². The first kappa shape index (κ1) is 20.5. The Balaban J connectivity index is 1.63. The van der Waals surface area contributed by atoms with Gasteiger partial charge in [-0.3, -0.25) is 0 Å². The van der Waals surface area contributed by atoms with Crippen LogP contribution in [-0.2, 0) is 0 Å². The molecule has 4 aliphatic rings. The summed E-state index contributed by atoms with van der Waals surface area (Å²) in [5, 5.41) is 10.2. The normalized spacial score (nSPS) is 44.4. The van der Waals surface area contributed by atoms with Gasteiger partial charge in [-0.2, -0.15) is 0 Å². The molecule has 0 saturated heterocycles. The number of hydrogen-bond acceptors (Lipinski definition) is 1. The van der Waals surface area contributed by atoms with Crippen LogP contribution >= 0.6 is 0 Å². The van der Waals surface area contributed by atoms with Crippen molar-refractivity contribution >= 4 is 0 Å². The Labute approximate surface area is 173 Å². The van der Waals surface area contributed by atoms with E-state index >= 15 is 0 Å². The predicted octanol–water partition coefficient (Wildman–Crippen LogP) is 7.08. The van der Waals surface area contributed by atoms with Crippen LogP contribution in [0.5, 0.6) is 0 Å². The van der Waals surface area contributed by atoms with Crippen molar-refractivity contribution in [3.05, 3.63) is 34.9 Å². The van der Waals surface area contributed by atoms with E-state index in [4.69, 9.17) is 0 Å². The Morgan fingerprint density at radius 2 is 1.79 bits per heavy atom. The lowest BCUT2D eigenvalue weighted by molar-refractivity contribution is 0.0497. The molecule has 0 aliphatic heterocycles. The Morgan fingerprint density at radius 3 is 2.50 bits per heavy atom. The van der Waals surface area contributed by atoms with Gasteiger partial charge >= 0.3 is 0 Å². The molecular formula is C27H42O. The summed E-state index contributed by atoms with van der Waals surface area (Å²) in [7, 11) is 0. The summed E-state index contributed by atoms with van der Waals surface area (Å²) in [5.41, 5.74) is 5.70. The zero-order chi connectivity index (χ0) is 20.3. The Bertz CT molecular complexity index is 710. The maximum atomic E-state index is 10.2. The smallest absolute Gasteiger partial charge is 0.0578 e. The summed E-state index contributed by atoms with van der Waals surface area (Å²) in [4.78, 5) is 0. The molecule has 1 N–H and O–H groups in total. The highest BCUT2D eigenvalue weighted by Crippen LogP contribution is 2.65. The molecule has 4 aliphatic carbocycles. The predicted molar refractivity (Wildman–Crippen MR) is 119 cm³/mol. The second-order valence-corrected chi connectivity index (χ2v) is 11.5. The number of hydrogen-bond donors (Lipinski definition) is 1. The molecule has 4 rings (SSSR count). The van der Waals surface area contributed by atoms with Crippen LogP contribution in [0.1, 0.15) is 86.5 Å². The first-order chi connectivity index (χ1) is 13.2. The molecule has 28 heavy (non-hydrogen) atoms. The zero-order valence-corrected chi connectivity index (χ0v) is 19.1. The van der Waals surface area contributed by atoms with Crippen molar-refractivity contribution in [2.45, 2.75) is 92.6 Å². The minimum atomic E-state index is -0.116. The highest BCUT2D eigenvalue weighted by molar-refractivity contribution is 5.39. The van der Waals surface area contributed by atoms with Gasteiger partial charge in [0.1, 0.15) is 0 Å². The first-order valence-corrected chi connectivity index (χ1v) is 11.9. The van der Waals surface area contributed by atoms with Gasteiger partial charge in [0, 0.05) is 0 Å². The molecule has 156 valence electrons. The average molecular weight is 383 g/mol. The van der Waals surface area contributed by atoms with E-state index in [-0.39, 0.29) is 6.10 Å². The highest BCUT2D eigenvalue weighted by Gasteiger charge is 2.56. The van der Waals surface area contributed by atoms with E-state index in [0.29, 0.717) is 16.7 Å². The van der Waals surface area contributed by atoms with Crippen LogP contribution in [0.15, 0.2) is 34.9 Å². The monoisotopic (exact) mass is 382 g/mol. The number of aliphatic hydroxyl groups excluding tert-OH is 1. The van der Waals surface area contributed by atoms with Crippen molar-refractivity contribution in [1.82, 2.24) is 0 Å². The summed E-state index contributed by atoms with van der Waals surface area (Å²) < 4.78 is 0. The Kier molecular flexibility index (Phi) is 5.22. The molecule has 0 heterocycles. The van der Waals surface area contributed by atoms with E-state index in [1.807, 2.05) is 0 Å². The summed E-state index contributed by atoms with van der Waals surface area (Å²) in [5.74, 6) is 3.63. The molecule has 3 saturated carbocycles. The van der Waals surface area contributed by atoms with Crippen molar-refractivity contribution in [1.29, 1.82) is 0 Å². The number of fused-ring (bicyclic) bond motifs is 5. The number of rotatable bonds is 3. The Morgan fingerprint density at radius 1 is 1.04 bits per heavy atom. The van der Waals surface area contributed by atoms with Crippen LogP contribution in [-0.4, -0.2) is 11.2 Å². The first-order valence-electron chi connectivity index (χ1n) is 11.9. The van der Waals surface area contributed by atoms with Gasteiger partial charge in [0.15, 0.2) is 0 Å². The fourth-order valence-corrected chi connectivity index (χ4v) is 7.46. The van der Waals surface area contributed by atoms with E-state index < -0.39 is 0 Å². The molecule has 0 amide bonds. The molecule has 0 aromatic rings. The maximum Gasteiger partial charge on any atom is 0.0578 e. The van der Waals surface area contributed by atoms with Crippen molar-refractivity contribution in [3.8, 4) is 0 Å². The quantitative estimate of drug-likeness (QED) is 0.517. The Hall–Kier alpha value is -0.820. The van der Waals surface area contributed by atoms with Gasteiger partial charge in [0.25, 0.3) is 0 Å². The lowest BCUT2D eigenvalue weighted by Crippen LogP contribution is -2.46. The number of aliphatic hydroxyl groups is 1. The zero-order valence-electron chi connectivity index (χ0n) is 19.1. The third-order valence-electron chi connectivity index (χ3n) is 9.67. The average Bonchev–Trinajstić information content (AvgIpc) is 2.99. The van der Waals surface area contributed by atoms with Crippen LogP contribution < -0.4 is 0 Å². The van der Waals surface area contributed by atoms with Crippen LogP contribution in [0.2, 0.25) is 0 Å². The molecule has 0 aromatic heterocycles. The van der Waals surface area contributed by atoms with E-state index in [9.17, 15) is 5.11 Å². The molecule has 0 bridgehead atoms. The molecule has 0 spiro atoms. The van der Waals surface area contributed by atoms with Crippen LogP contribution in [0.3, 0.4) is 0 Å². The fourth-order valence-electron chi connectivity index (χ4n) is 7.46. The lowest BCUT2D eigenvalue weighted by atomic mass is 9.50. The van der Waals surface area contributed by atoms with Gasteiger partial charge < -0.3 is 5.11 Å². The summed E-state index contributed by atoms with van der Waals surface area (Å²) >= 11 is 0. The second kappa shape index (κ2) is 7.15. The minimum absolute atomic E-state index is 0.116. The van der Waals surface area contributed by atoms with Gasteiger partial charge in [-0.25, -0.2) is 0 Å². The molecule has 1 nitrogen and oxygen atoms in total. The molecular weight excluding hydrogens is 340 g/mol. The van der Waals surface area contributed by atoms with Crippen molar-refractivity contribution < 1.29 is 5.11 Å². The van der Waals surface area contributed by atoms with Crippen LogP contribution in [0.4, 0.5) is 0 Å².